The van der Waals surface area contributed by atoms with Crippen LogP contribution in [0.3, 0.4) is 0 Å². The molecule has 0 atom stereocenters. The molecule has 1 aromatic carbocycles. The Morgan fingerprint density at radius 3 is 2.41 bits per heavy atom. The number of nitrogens with two attached hydrogens (primary N) is 1. The lowest BCUT2D eigenvalue weighted by atomic mass is 9.84. The molecule has 2 N–H and O–H groups in total. The Morgan fingerprint density at radius 1 is 1.06 bits per heavy atom. The predicted octanol–water partition coefficient (Wildman–Crippen LogP) is 3.63. The molecule has 88 valence electrons. The van der Waals surface area contributed by atoms with E-state index in [1.165, 1.54) is 5.56 Å². The van der Waals surface area contributed by atoms with Crippen LogP contribution in [0.1, 0.15) is 26.3 Å². The minimum atomic E-state index is 0.0505. The Morgan fingerprint density at radius 2 is 1.82 bits per heavy atom. The van der Waals surface area contributed by atoms with Gasteiger partial charge >= 0.3 is 0 Å². The van der Waals surface area contributed by atoms with Crippen LogP contribution in [0.2, 0.25) is 0 Å². The highest BCUT2D eigenvalue weighted by Crippen LogP contribution is 2.31. The molecule has 0 bridgehead atoms. The molecule has 2 aromatic rings. The van der Waals surface area contributed by atoms with Gasteiger partial charge in [0, 0.05) is 17.4 Å². The second-order valence-electron chi connectivity index (χ2n) is 5.27. The molecule has 0 spiro atoms. The molecule has 2 heteroatoms. The summed E-state index contributed by atoms with van der Waals surface area (Å²) in [6.07, 6.45) is 1.81. The summed E-state index contributed by atoms with van der Waals surface area (Å²) in [4.78, 5) is 4.36. The molecule has 0 aliphatic heterocycles. The summed E-state index contributed by atoms with van der Waals surface area (Å²) in [6.45, 7) is 6.50. The van der Waals surface area contributed by atoms with Gasteiger partial charge in [-0.2, -0.15) is 0 Å². The third-order valence-electron chi connectivity index (χ3n) is 2.82. The summed E-state index contributed by atoms with van der Waals surface area (Å²) in [6, 6.07) is 12.0. The van der Waals surface area contributed by atoms with Crippen molar-refractivity contribution in [2.45, 2.75) is 26.2 Å². The topological polar surface area (TPSA) is 38.9 Å². The number of nitrogens with zero attached hydrogens (tertiary/aromatic N) is 1. The van der Waals surface area contributed by atoms with Crippen LogP contribution in [-0.4, -0.2) is 4.98 Å². The normalized spacial score (nSPS) is 11.5. The Labute approximate surface area is 103 Å². The quantitative estimate of drug-likeness (QED) is 0.754. The van der Waals surface area contributed by atoms with Crippen molar-refractivity contribution < 1.29 is 0 Å². The molecular weight excluding hydrogens is 208 g/mol. The van der Waals surface area contributed by atoms with E-state index in [1.54, 1.807) is 0 Å². The van der Waals surface area contributed by atoms with Crippen LogP contribution < -0.4 is 5.73 Å². The van der Waals surface area contributed by atoms with E-state index < -0.39 is 0 Å². The predicted molar refractivity (Wildman–Crippen MR) is 72.8 cm³/mol. The van der Waals surface area contributed by atoms with Gasteiger partial charge in [0.05, 0.1) is 5.69 Å². The highest BCUT2D eigenvalue weighted by Gasteiger charge is 2.17. The molecule has 0 fully saturated rings. The first kappa shape index (κ1) is 11.6. The number of aromatic nitrogens is 1. The maximum absolute atomic E-state index is 6.03. The maximum atomic E-state index is 6.03. The molecule has 0 unspecified atom stereocenters. The van der Waals surface area contributed by atoms with Crippen molar-refractivity contribution in [1.29, 1.82) is 0 Å². The number of hydrogen-bond donors (Lipinski definition) is 1. The van der Waals surface area contributed by atoms with Crippen LogP contribution in [0.5, 0.6) is 0 Å². The first-order valence-electron chi connectivity index (χ1n) is 5.80. The SMILES string of the molecule is CC(C)(C)c1cc(-c2ccccn2)ccc1N. The smallest absolute Gasteiger partial charge is 0.0702 e. The van der Waals surface area contributed by atoms with E-state index in [4.69, 9.17) is 5.73 Å². The zero-order valence-electron chi connectivity index (χ0n) is 10.6. The van der Waals surface area contributed by atoms with Crippen molar-refractivity contribution >= 4 is 5.69 Å². The molecule has 0 aliphatic rings. The highest BCUT2D eigenvalue weighted by atomic mass is 14.7. The van der Waals surface area contributed by atoms with Crippen molar-refractivity contribution in [3.05, 3.63) is 48.2 Å². The zero-order chi connectivity index (χ0) is 12.5. The van der Waals surface area contributed by atoms with E-state index in [0.717, 1.165) is 16.9 Å². The lowest BCUT2D eigenvalue weighted by molar-refractivity contribution is 0.593. The molecule has 17 heavy (non-hydrogen) atoms. The average Bonchev–Trinajstić information content (AvgIpc) is 2.29. The van der Waals surface area contributed by atoms with Crippen LogP contribution in [0.25, 0.3) is 11.3 Å². The average molecular weight is 226 g/mol. The summed E-state index contributed by atoms with van der Waals surface area (Å²) < 4.78 is 0. The van der Waals surface area contributed by atoms with Gasteiger partial charge in [0.15, 0.2) is 0 Å². The lowest BCUT2D eigenvalue weighted by Gasteiger charge is -2.22. The number of anilines is 1. The van der Waals surface area contributed by atoms with Gasteiger partial charge < -0.3 is 5.73 Å². The van der Waals surface area contributed by atoms with Crippen LogP contribution in [0, 0.1) is 0 Å². The van der Waals surface area contributed by atoms with E-state index in [2.05, 4.69) is 31.8 Å². The van der Waals surface area contributed by atoms with Crippen molar-refractivity contribution in [2.75, 3.05) is 5.73 Å². The van der Waals surface area contributed by atoms with E-state index >= 15 is 0 Å². The first-order valence-corrected chi connectivity index (χ1v) is 5.80. The minimum absolute atomic E-state index is 0.0505. The van der Waals surface area contributed by atoms with Gasteiger partial charge in [-0.15, -0.1) is 0 Å². The number of nitrogen functional groups attached to an aromatic ring is 1. The summed E-state index contributed by atoms with van der Waals surface area (Å²) in [5, 5.41) is 0. The zero-order valence-corrected chi connectivity index (χ0v) is 10.6. The van der Waals surface area contributed by atoms with Crippen molar-refractivity contribution in [3.8, 4) is 11.3 Å². The van der Waals surface area contributed by atoms with Gasteiger partial charge in [0.1, 0.15) is 0 Å². The fourth-order valence-electron chi connectivity index (χ4n) is 1.90. The third kappa shape index (κ3) is 2.47. The van der Waals surface area contributed by atoms with Gasteiger partial charge in [-0.3, -0.25) is 4.98 Å². The van der Waals surface area contributed by atoms with Crippen LogP contribution >= 0.6 is 0 Å². The fourth-order valence-corrected chi connectivity index (χ4v) is 1.90. The lowest BCUT2D eigenvalue weighted by Crippen LogP contribution is -2.14. The van der Waals surface area contributed by atoms with Gasteiger partial charge in [0.25, 0.3) is 0 Å². The third-order valence-corrected chi connectivity index (χ3v) is 2.82. The van der Waals surface area contributed by atoms with Crippen molar-refractivity contribution in [3.63, 3.8) is 0 Å². The summed E-state index contributed by atoms with van der Waals surface area (Å²) in [5.41, 5.74) is 10.2. The van der Waals surface area contributed by atoms with Crippen LogP contribution in [0.15, 0.2) is 42.6 Å². The minimum Gasteiger partial charge on any atom is -0.398 e. The molecular formula is C15H18N2. The number of rotatable bonds is 1. The van der Waals surface area contributed by atoms with E-state index in [9.17, 15) is 0 Å². The van der Waals surface area contributed by atoms with Gasteiger partial charge in [-0.05, 0) is 35.2 Å². The monoisotopic (exact) mass is 226 g/mol. The number of hydrogen-bond acceptors (Lipinski definition) is 2. The van der Waals surface area contributed by atoms with E-state index in [0.29, 0.717) is 0 Å². The highest BCUT2D eigenvalue weighted by molar-refractivity contribution is 5.65. The second kappa shape index (κ2) is 4.21. The summed E-state index contributed by atoms with van der Waals surface area (Å²) in [5.74, 6) is 0. The largest absolute Gasteiger partial charge is 0.398 e. The molecule has 0 saturated carbocycles. The first-order chi connectivity index (χ1) is 7.98. The standard InChI is InChI=1S/C15H18N2/c1-15(2,3)12-10-11(7-8-13(12)16)14-6-4-5-9-17-14/h4-10H,16H2,1-3H3. The van der Waals surface area contributed by atoms with Crippen LogP contribution in [0.4, 0.5) is 5.69 Å². The van der Waals surface area contributed by atoms with E-state index in [1.807, 2.05) is 36.5 Å². The second-order valence-corrected chi connectivity index (χ2v) is 5.27. The molecule has 2 rings (SSSR count). The maximum Gasteiger partial charge on any atom is 0.0702 e. The Kier molecular flexibility index (Phi) is 2.88. The Hall–Kier alpha value is -1.83. The fraction of sp³-hybridized carbons (Fsp3) is 0.267. The molecule has 0 radical (unpaired) electrons. The van der Waals surface area contributed by atoms with Crippen molar-refractivity contribution in [2.24, 2.45) is 0 Å². The number of benzene rings is 1. The molecule has 2 nitrogen and oxygen atoms in total. The van der Waals surface area contributed by atoms with Gasteiger partial charge in [-0.25, -0.2) is 0 Å². The van der Waals surface area contributed by atoms with Crippen molar-refractivity contribution in [1.82, 2.24) is 4.98 Å². The summed E-state index contributed by atoms with van der Waals surface area (Å²) >= 11 is 0. The summed E-state index contributed by atoms with van der Waals surface area (Å²) in [7, 11) is 0. The van der Waals surface area contributed by atoms with Gasteiger partial charge in [-0.1, -0.05) is 32.9 Å². The number of pyridine rings is 1. The molecule has 1 aromatic heterocycles. The molecule has 0 amide bonds. The molecule has 0 aliphatic carbocycles. The Balaban J connectivity index is 2.53. The van der Waals surface area contributed by atoms with Crippen LogP contribution in [-0.2, 0) is 5.41 Å². The van der Waals surface area contributed by atoms with Gasteiger partial charge in [0.2, 0.25) is 0 Å². The Bertz CT molecular complexity index is 510. The molecule has 1 heterocycles. The van der Waals surface area contributed by atoms with E-state index in [-0.39, 0.29) is 5.41 Å². The molecule has 0 saturated heterocycles.